The number of nitrogens with one attached hydrogen (secondary N) is 1. The molecule has 2 heterocycles. The van der Waals surface area contributed by atoms with E-state index in [1.807, 2.05) is 30.3 Å². The fourth-order valence-electron chi connectivity index (χ4n) is 1.94. The van der Waals surface area contributed by atoms with E-state index in [1.165, 1.54) is 0 Å². The Kier molecular flexibility index (Phi) is 2.34. The zero-order chi connectivity index (χ0) is 11.7. The lowest BCUT2D eigenvalue weighted by molar-refractivity contribution is 0.212. The standard InChI is InChI=1S/C13H11N3O/c17-12(13-15-7-8-16-13)10-3-1-5-11-9(10)4-2-6-14-11/h1-8,12,17H,(H,15,16). The summed E-state index contributed by atoms with van der Waals surface area (Å²) in [4.78, 5) is 11.3. The van der Waals surface area contributed by atoms with Crippen LogP contribution in [0.25, 0.3) is 10.9 Å². The van der Waals surface area contributed by atoms with E-state index in [0.29, 0.717) is 5.82 Å². The highest BCUT2D eigenvalue weighted by molar-refractivity contribution is 5.82. The maximum Gasteiger partial charge on any atom is 0.139 e. The minimum atomic E-state index is -0.752. The highest BCUT2D eigenvalue weighted by Crippen LogP contribution is 2.25. The van der Waals surface area contributed by atoms with Gasteiger partial charge in [-0.15, -0.1) is 0 Å². The van der Waals surface area contributed by atoms with Crippen molar-refractivity contribution >= 4 is 10.9 Å². The van der Waals surface area contributed by atoms with Crippen molar-refractivity contribution in [2.75, 3.05) is 0 Å². The van der Waals surface area contributed by atoms with Gasteiger partial charge in [-0.2, -0.15) is 0 Å². The van der Waals surface area contributed by atoms with Gasteiger partial charge in [0.25, 0.3) is 0 Å². The first-order valence-corrected chi connectivity index (χ1v) is 5.37. The Labute approximate surface area is 98.0 Å². The minimum Gasteiger partial charge on any atom is -0.380 e. The maximum absolute atomic E-state index is 10.3. The topological polar surface area (TPSA) is 61.8 Å². The van der Waals surface area contributed by atoms with Crippen LogP contribution in [0.3, 0.4) is 0 Å². The molecular weight excluding hydrogens is 214 g/mol. The summed E-state index contributed by atoms with van der Waals surface area (Å²) in [6.07, 6.45) is 4.31. The van der Waals surface area contributed by atoms with Crippen molar-refractivity contribution in [3.05, 3.63) is 60.3 Å². The molecule has 17 heavy (non-hydrogen) atoms. The molecule has 1 aromatic carbocycles. The van der Waals surface area contributed by atoms with Gasteiger partial charge < -0.3 is 10.1 Å². The normalized spacial score (nSPS) is 12.8. The molecule has 1 unspecified atom stereocenters. The average molecular weight is 225 g/mol. The van der Waals surface area contributed by atoms with E-state index in [2.05, 4.69) is 15.0 Å². The number of aromatic nitrogens is 3. The Morgan fingerprint density at radius 3 is 2.82 bits per heavy atom. The second-order valence-corrected chi connectivity index (χ2v) is 3.79. The summed E-state index contributed by atoms with van der Waals surface area (Å²) in [6.45, 7) is 0. The van der Waals surface area contributed by atoms with Gasteiger partial charge in [-0.05, 0) is 17.7 Å². The van der Waals surface area contributed by atoms with Gasteiger partial charge in [-0.3, -0.25) is 4.98 Å². The van der Waals surface area contributed by atoms with Crippen molar-refractivity contribution in [1.82, 2.24) is 15.0 Å². The monoisotopic (exact) mass is 225 g/mol. The third-order valence-electron chi connectivity index (χ3n) is 2.75. The molecule has 3 aromatic rings. The summed E-state index contributed by atoms with van der Waals surface area (Å²) >= 11 is 0. The largest absolute Gasteiger partial charge is 0.380 e. The molecule has 0 bridgehead atoms. The van der Waals surface area contributed by atoms with E-state index in [-0.39, 0.29) is 0 Å². The van der Waals surface area contributed by atoms with Crippen molar-refractivity contribution in [3.8, 4) is 0 Å². The molecule has 0 saturated carbocycles. The van der Waals surface area contributed by atoms with Crippen molar-refractivity contribution in [1.29, 1.82) is 0 Å². The third kappa shape index (κ3) is 1.68. The number of hydrogen-bond acceptors (Lipinski definition) is 3. The molecule has 0 amide bonds. The minimum absolute atomic E-state index is 0.543. The molecule has 0 aliphatic rings. The van der Waals surface area contributed by atoms with Crippen LogP contribution in [0.5, 0.6) is 0 Å². The van der Waals surface area contributed by atoms with E-state index in [4.69, 9.17) is 0 Å². The number of aromatic amines is 1. The maximum atomic E-state index is 10.3. The van der Waals surface area contributed by atoms with Crippen molar-refractivity contribution in [2.24, 2.45) is 0 Å². The summed E-state index contributed by atoms with van der Waals surface area (Å²) in [6, 6.07) is 9.51. The average Bonchev–Trinajstić information content (AvgIpc) is 2.91. The van der Waals surface area contributed by atoms with Gasteiger partial charge in [0.1, 0.15) is 11.9 Å². The van der Waals surface area contributed by atoms with Gasteiger partial charge in [0, 0.05) is 24.0 Å². The SMILES string of the molecule is OC(c1ncc[nH]1)c1cccc2ncccc12. The first-order valence-electron chi connectivity index (χ1n) is 5.37. The third-order valence-corrected chi connectivity index (χ3v) is 2.75. The Morgan fingerprint density at radius 2 is 2.00 bits per heavy atom. The Hall–Kier alpha value is -2.20. The lowest BCUT2D eigenvalue weighted by Gasteiger charge is -2.10. The van der Waals surface area contributed by atoms with E-state index in [0.717, 1.165) is 16.5 Å². The summed E-state index contributed by atoms with van der Waals surface area (Å²) in [5.74, 6) is 0.543. The molecule has 3 rings (SSSR count). The second-order valence-electron chi connectivity index (χ2n) is 3.79. The van der Waals surface area contributed by atoms with Crippen molar-refractivity contribution < 1.29 is 5.11 Å². The number of aliphatic hydroxyl groups is 1. The number of hydrogen-bond donors (Lipinski definition) is 2. The summed E-state index contributed by atoms with van der Waals surface area (Å²) in [5.41, 5.74) is 1.68. The molecule has 0 radical (unpaired) electrons. The number of nitrogens with zero attached hydrogens (tertiary/aromatic N) is 2. The van der Waals surface area contributed by atoms with Crippen LogP contribution in [-0.4, -0.2) is 20.1 Å². The van der Waals surface area contributed by atoms with Crippen LogP contribution in [0, 0.1) is 0 Å². The molecule has 2 N–H and O–H groups in total. The summed E-state index contributed by atoms with van der Waals surface area (Å²) in [7, 11) is 0. The number of aliphatic hydroxyl groups excluding tert-OH is 1. The predicted molar refractivity (Wildman–Crippen MR) is 64.4 cm³/mol. The van der Waals surface area contributed by atoms with Crippen molar-refractivity contribution in [2.45, 2.75) is 6.10 Å². The molecule has 84 valence electrons. The lowest BCUT2D eigenvalue weighted by atomic mass is 10.0. The summed E-state index contributed by atoms with van der Waals surface area (Å²) in [5, 5.41) is 11.2. The van der Waals surface area contributed by atoms with Crippen LogP contribution in [0.4, 0.5) is 0 Å². The van der Waals surface area contributed by atoms with Gasteiger partial charge in [-0.25, -0.2) is 4.98 Å². The van der Waals surface area contributed by atoms with Crippen LogP contribution in [0.1, 0.15) is 17.5 Å². The zero-order valence-electron chi connectivity index (χ0n) is 9.04. The van der Waals surface area contributed by atoms with Crippen LogP contribution < -0.4 is 0 Å². The molecule has 4 nitrogen and oxygen atoms in total. The Bertz CT molecular complexity index is 629. The van der Waals surface area contributed by atoms with Gasteiger partial charge in [0.15, 0.2) is 0 Å². The molecule has 0 saturated heterocycles. The van der Waals surface area contributed by atoms with Gasteiger partial charge in [0.2, 0.25) is 0 Å². The van der Waals surface area contributed by atoms with E-state index in [9.17, 15) is 5.11 Å². The molecule has 0 fully saturated rings. The lowest BCUT2D eigenvalue weighted by Crippen LogP contribution is -2.02. The number of fused-ring (bicyclic) bond motifs is 1. The first-order chi connectivity index (χ1) is 8.36. The van der Waals surface area contributed by atoms with Gasteiger partial charge in [0.05, 0.1) is 5.52 Å². The van der Waals surface area contributed by atoms with Crippen LogP contribution in [-0.2, 0) is 0 Å². The molecule has 0 spiro atoms. The first kappa shape index (κ1) is 9.99. The fraction of sp³-hybridized carbons (Fsp3) is 0.0769. The number of imidazole rings is 1. The molecule has 1 atom stereocenters. The smallest absolute Gasteiger partial charge is 0.139 e. The zero-order valence-corrected chi connectivity index (χ0v) is 9.04. The fourth-order valence-corrected chi connectivity index (χ4v) is 1.94. The number of rotatable bonds is 2. The van der Waals surface area contributed by atoms with Gasteiger partial charge in [-0.1, -0.05) is 18.2 Å². The van der Waals surface area contributed by atoms with Crippen LogP contribution in [0.15, 0.2) is 48.9 Å². The Balaban J connectivity index is 2.17. The molecule has 2 aromatic heterocycles. The Morgan fingerprint density at radius 1 is 1.06 bits per heavy atom. The van der Waals surface area contributed by atoms with E-state index >= 15 is 0 Å². The quantitative estimate of drug-likeness (QED) is 0.701. The number of benzene rings is 1. The predicted octanol–water partition coefficient (Wildman–Crippen LogP) is 2.04. The molecule has 4 heteroatoms. The highest BCUT2D eigenvalue weighted by Gasteiger charge is 2.15. The summed E-state index contributed by atoms with van der Waals surface area (Å²) < 4.78 is 0. The number of pyridine rings is 1. The van der Waals surface area contributed by atoms with E-state index < -0.39 is 6.10 Å². The molecule has 0 aliphatic heterocycles. The van der Waals surface area contributed by atoms with Crippen molar-refractivity contribution in [3.63, 3.8) is 0 Å². The number of H-pyrrole nitrogens is 1. The highest BCUT2D eigenvalue weighted by atomic mass is 16.3. The molecule has 0 aliphatic carbocycles. The van der Waals surface area contributed by atoms with Crippen LogP contribution >= 0.6 is 0 Å². The second kappa shape index (κ2) is 3.99. The van der Waals surface area contributed by atoms with Gasteiger partial charge >= 0.3 is 0 Å². The molecular formula is C13H11N3O. The van der Waals surface area contributed by atoms with E-state index in [1.54, 1.807) is 18.6 Å². The van der Waals surface area contributed by atoms with Crippen LogP contribution in [0.2, 0.25) is 0 Å².